The monoisotopic (exact) mass is 436 g/mol. The molecule has 0 radical (unpaired) electrons. The summed E-state index contributed by atoms with van der Waals surface area (Å²) in [6, 6.07) is 8.39. The smallest absolute Gasteiger partial charge is 0.434 e. The topological polar surface area (TPSA) is 66.0 Å². The molecule has 1 aromatic carbocycles. The van der Waals surface area contributed by atoms with E-state index in [1.54, 1.807) is 44.2 Å². The molecular formula is C20H16ClF3N4O2. The van der Waals surface area contributed by atoms with Crippen LogP contribution in [0.3, 0.4) is 0 Å². The lowest BCUT2D eigenvalue weighted by Crippen LogP contribution is -2.05. The largest absolute Gasteiger partial charge is 0.470 e. The molecule has 0 N–H and O–H groups in total. The minimum atomic E-state index is -4.50. The second-order valence-corrected chi connectivity index (χ2v) is 7.20. The molecule has 0 atom stereocenters. The Bertz CT molecular complexity index is 1180. The molecule has 0 fully saturated rings. The molecule has 0 saturated heterocycles. The van der Waals surface area contributed by atoms with Crippen LogP contribution in [0.4, 0.5) is 13.2 Å². The van der Waals surface area contributed by atoms with Crippen molar-refractivity contribution in [3.63, 3.8) is 0 Å². The van der Waals surface area contributed by atoms with Gasteiger partial charge in [-0.15, -0.1) is 0 Å². The lowest BCUT2D eigenvalue weighted by molar-refractivity contribution is -0.140. The van der Waals surface area contributed by atoms with Gasteiger partial charge in [0.1, 0.15) is 17.9 Å². The van der Waals surface area contributed by atoms with Gasteiger partial charge in [-0.2, -0.15) is 18.2 Å². The Hall–Kier alpha value is -3.07. The van der Waals surface area contributed by atoms with E-state index < -0.39 is 11.9 Å². The van der Waals surface area contributed by atoms with Crippen molar-refractivity contribution in [3.8, 4) is 17.3 Å². The summed E-state index contributed by atoms with van der Waals surface area (Å²) in [7, 11) is 0. The van der Waals surface area contributed by atoms with Crippen LogP contribution >= 0.6 is 11.6 Å². The van der Waals surface area contributed by atoms with Gasteiger partial charge in [-0.25, -0.2) is 9.97 Å². The predicted octanol–water partition coefficient (Wildman–Crippen LogP) is 5.92. The number of furan rings is 1. The Balaban J connectivity index is 1.56. The zero-order chi connectivity index (χ0) is 21.5. The molecule has 0 aliphatic rings. The summed E-state index contributed by atoms with van der Waals surface area (Å²) in [4.78, 5) is 11.9. The van der Waals surface area contributed by atoms with E-state index in [-0.39, 0.29) is 29.6 Å². The predicted molar refractivity (Wildman–Crippen MR) is 104 cm³/mol. The molecule has 0 bridgehead atoms. The molecule has 4 rings (SSSR count). The Morgan fingerprint density at radius 2 is 1.83 bits per heavy atom. The van der Waals surface area contributed by atoms with Crippen LogP contribution in [0.5, 0.6) is 5.88 Å². The van der Waals surface area contributed by atoms with Gasteiger partial charge in [0, 0.05) is 23.9 Å². The van der Waals surface area contributed by atoms with Crippen molar-refractivity contribution < 1.29 is 22.3 Å². The van der Waals surface area contributed by atoms with Crippen LogP contribution in [0.15, 0.2) is 47.2 Å². The molecule has 3 aromatic heterocycles. The zero-order valence-electron chi connectivity index (χ0n) is 15.9. The SMILES string of the molecule is CC(C)n1cc(C(F)(F)F)nc1-c1ccc(COc2nc(Cl)nc3ccoc23)cc1. The number of ether oxygens (including phenoxy) is 1. The van der Waals surface area contributed by atoms with Gasteiger partial charge in [-0.1, -0.05) is 24.3 Å². The lowest BCUT2D eigenvalue weighted by atomic mass is 10.1. The molecule has 10 heteroatoms. The average Bonchev–Trinajstić information content (AvgIpc) is 3.33. The number of alkyl halides is 3. The van der Waals surface area contributed by atoms with Gasteiger partial charge in [0.25, 0.3) is 5.88 Å². The molecule has 0 aliphatic carbocycles. The van der Waals surface area contributed by atoms with E-state index in [0.717, 1.165) is 11.8 Å². The van der Waals surface area contributed by atoms with Crippen LogP contribution in [0.1, 0.15) is 31.1 Å². The van der Waals surface area contributed by atoms with Gasteiger partial charge in [0.15, 0.2) is 5.69 Å². The van der Waals surface area contributed by atoms with E-state index in [9.17, 15) is 13.2 Å². The van der Waals surface area contributed by atoms with Crippen molar-refractivity contribution in [3.05, 3.63) is 59.3 Å². The molecule has 6 nitrogen and oxygen atoms in total. The molecule has 156 valence electrons. The van der Waals surface area contributed by atoms with Crippen molar-refractivity contribution in [2.24, 2.45) is 0 Å². The van der Waals surface area contributed by atoms with E-state index >= 15 is 0 Å². The first-order chi connectivity index (χ1) is 14.2. The summed E-state index contributed by atoms with van der Waals surface area (Å²) in [5.41, 5.74) is 1.35. The van der Waals surface area contributed by atoms with Crippen LogP contribution < -0.4 is 4.74 Å². The van der Waals surface area contributed by atoms with E-state index in [1.807, 2.05) is 0 Å². The van der Waals surface area contributed by atoms with Crippen molar-refractivity contribution >= 4 is 22.7 Å². The third-order valence-corrected chi connectivity index (χ3v) is 4.58. The number of hydrogen-bond acceptors (Lipinski definition) is 5. The highest BCUT2D eigenvalue weighted by atomic mass is 35.5. The molecular weight excluding hydrogens is 421 g/mol. The highest BCUT2D eigenvalue weighted by Gasteiger charge is 2.35. The Labute approximate surface area is 174 Å². The highest BCUT2D eigenvalue weighted by Crippen LogP contribution is 2.32. The van der Waals surface area contributed by atoms with Gasteiger partial charge in [0.2, 0.25) is 10.9 Å². The normalized spacial score (nSPS) is 12.1. The fraction of sp³-hybridized carbons (Fsp3) is 0.250. The quantitative estimate of drug-likeness (QED) is 0.363. The van der Waals surface area contributed by atoms with Crippen LogP contribution in [0.25, 0.3) is 22.5 Å². The van der Waals surface area contributed by atoms with Crippen molar-refractivity contribution in [2.45, 2.75) is 32.7 Å². The number of rotatable bonds is 5. The Kier molecular flexibility index (Phi) is 5.15. The van der Waals surface area contributed by atoms with E-state index in [4.69, 9.17) is 20.8 Å². The third kappa shape index (κ3) is 3.97. The number of nitrogens with zero attached hydrogens (tertiary/aromatic N) is 4. The minimum absolute atomic E-state index is 0.0373. The van der Waals surface area contributed by atoms with Gasteiger partial charge in [-0.3, -0.25) is 0 Å². The molecule has 3 heterocycles. The maximum Gasteiger partial charge on any atom is 0.434 e. The lowest BCUT2D eigenvalue weighted by Gasteiger charge is -2.12. The number of halogens is 4. The first kappa shape index (κ1) is 20.2. The fourth-order valence-electron chi connectivity index (χ4n) is 2.95. The summed E-state index contributed by atoms with van der Waals surface area (Å²) in [5.74, 6) is 0.467. The maximum atomic E-state index is 13.1. The minimum Gasteiger partial charge on any atom is -0.470 e. The summed E-state index contributed by atoms with van der Waals surface area (Å²) in [6.45, 7) is 3.77. The fourth-order valence-corrected chi connectivity index (χ4v) is 3.11. The summed E-state index contributed by atoms with van der Waals surface area (Å²) < 4.78 is 51.8. The number of benzene rings is 1. The van der Waals surface area contributed by atoms with Crippen LogP contribution in [0.2, 0.25) is 5.28 Å². The Morgan fingerprint density at radius 1 is 1.10 bits per heavy atom. The first-order valence-electron chi connectivity index (χ1n) is 9.01. The summed E-state index contributed by atoms with van der Waals surface area (Å²) in [5, 5.41) is 0.0373. The van der Waals surface area contributed by atoms with E-state index in [2.05, 4.69) is 15.0 Å². The zero-order valence-corrected chi connectivity index (χ0v) is 16.7. The molecule has 0 amide bonds. The second-order valence-electron chi connectivity index (χ2n) is 6.87. The first-order valence-corrected chi connectivity index (χ1v) is 9.39. The molecule has 30 heavy (non-hydrogen) atoms. The molecule has 0 unspecified atom stereocenters. The van der Waals surface area contributed by atoms with Gasteiger partial charge in [0.05, 0.1) is 6.26 Å². The number of hydrogen-bond donors (Lipinski definition) is 0. The van der Waals surface area contributed by atoms with Gasteiger partial charge < -0.3 is 13.7 Å². The number of aromatic nitrogens is 4. The van der Waals surface area contributed by atoms with E-state index in [1.165, 1.54) is 10.8 Å². The molecule has 0 saturated carbocycles. The third-order valence-electron chi connectivity index (χ3n) is 4.41. The van der Waals surface area contributed by atoms with Crippen LogP contribution in [-0.4, -0.2) is 19.5 Å². The van der Waals surface area contributed by atoms with Crippen LogP contribution in [0, 0.1) is 0 Å². The molecule has 0 aliphatic heterocycles. The summed E-state index contributed by atoms with van der Waals surface area (Å²) >= 11 is 5.89. The van der Waals surface area contributed by atoms with Gasteiger partial charge >= 0.3 is 6.18 Å². The molecule has 4 aromatic rings. The Morgan fingerprint density at radius 3 is 2.50 bits per heavy atom. The van der Waals surface area contributed by atoms with Crippen molar-refractivity contribution in [2.75, 3.05) is 0 Å². The van der Waals surface area contributed by atoms with Crippen molar-refractivity contribution in [1.82, 2.24) is 19.5 Å². The average molecular weight is 437 g/mol. The van der Waals surface area contributed by atoms with E-state index in [0.29, 0.717) is 16.7 Å². The van der Waals surface area contributed by atoms with Gasteiger partial charge in [-0.05, 0) is 31.0 Å². The number of imidazole rings is 1. The summed E-state index contributed by atoms with van der Waals surface area (Å²) in [6.07, 6.45) is -2.01. The molecule has 0 spiro atoms. The highest BCUT2D eigenvalue weighted by molar-refractivity contribution is 6.28. The standard InChI is InChI=1S/C20H16ClF3N4O2/c1-11(2)28-9-15(20(22,23)24)26-17(28)13-5-3-12(4-6-13)10-30-18-16-14(7-8-29-16)25-19(21)27-18/h3-9,11H,10H2,1-2H3. The number of fused-ring (bicyclic) bond motifs is 1. The van der Waals surface area contributed by atoms with Crippen molar-refractivity contribution in [1.29, 1.82) is 0 Å². The maximum absolute atomic E-state index is 13.1. The second kappa shape index (κ2) is 7.64. The van der Waals surface area contributed by atoms with Crippen LogP contribution in [-0.2, 0) is 12.8 Å².